The summed E-state index contributed by atoms with van der Waals surface area (Å²) in [5, 5.41) is 3.99. The van der Waals surface area contributed by atoms with Crippen molar-refractivity contribution in [3.8, 4) is 17.1 Å². The number of halogens is 4. The van der Waals surface area contributed by atoms with Gasteiger partial charge in [-0.3, -0.25) is 0 Å². The molecule has 3 aromatic rings. The average molecular weight is 490 g/mol. The fourth-order valence-corrected chi connectivity index (χ4v) is 4.47. The standard InChI is InChI=1S/C24H22F4N4O3/c25-19-4-1-3-16(12-19)21-29-22(35-30-21)18-11-17(13-32(14-18)23(33)31-9-2-10-31)15-5-7-20(8-6-15)34-24(26,27)28/h1,3-8,12,17-18H,2,9-11,13-14H2. The van der Waals surface area contributed by atoms with Gasteiger partial charge in [0.1, 0.15) is 11.6 Å². The molecule has 2 saturated heterocycles. The second-order valence-electron chi connectivity index (χ2n) is 8.74. The summed E-state index contributed by atoms with van der Waals surface area (Å²) in [5.41, 5.74) is 1.25. The maximum Gasteiger partial charge on any atom is 0.573 e. The predicted octanol–water partition coefficient (Wildman–Crippen LogP) is 5.17. The van der Waals surface area contributed by atoms with Gasteiger partial charge in [-0.1, -0.05) is 29.4 Å². The zero-order valence-corrected chi connectivity index (χ0v) is 18.5. The van der Waals surface area contributed by atoms with Gasteiger partial charge in [0.15, 0.2) is 0 Å². The fraction of sp³-hybridized carbons (Fsp3) is 0.375. The third-order valence-corrected chi connectivity index (χ3v) is 6.31. The van der Waals surface area contributed by atoms with Gasteiger partial charge in [-0.2, -0.15) is 4.98 Å². The molecule has 2 unspecified atom stereocenters. The third-order valence-electron chi connectivity index (χ3n) is 6.31. The van der Waals surface area contributed by atoms with Crippen molar-refractivity contribution in [2.75, 3.05) is 26.2 Å². The van der Waals surface area contributed by atoms with E-state index in [-0.39, 0.29) is 29.4 Å². The highest BCUT2D eigenvalue weighted by Gasteiger charge is 2.37. The zero-order valence-electron chi connectivity index (χ0n) is 18.5. The number of urea groups is 1. The van der Waals surface area contributed by atoms with Gasteiger partial charge >= 0.3 is 12.4 Å². The molecule has 2 aliphatic rings. The van der Waals surface area contributed by atoms with Gasteiger partial charge in [-0.25, -0.2) is 9.18 Å². The van der Waals surface area contributed by atoms with E-state index in [0.717, 1.165) is 12.0 Å². The second kappa shape index (κ2) is 9.20. The van der Waals surface area contributed by atoms with E-state index >= 15 is 0 Å². The van der Waals surface area contributed by atoms with Crippen LogP contribution in [-0.2, 0) is 0 Å². The summed E-state index contributed by atoms with van der Waals surface area (Å²) in [6, 6.07) is 11.4. The van der Waals surface area contributed by atoms with Crippen molar-refractivity contribution in [3.05, 3.63) is 65.8 Å². The van der Waals surface area contributed by atoms with Crippen LogP contribution in [0.5, 0.6) is 5.75 Å². The number of ether oxygens (including phenoxy) is 1. The van der Waals surface area contributed by atoms with Crippen LogP contribution in [0.15, 0.2) is 53.1 Å². The Hall–Kier alpha value is -3.63. The van der Waals surface area contributed by atoms with Crippen LogP contribution >= 0.6 is 0 Å². The van der Waals surface area contributed by atoms with E-state index in [9.17, 15) is 22.4 Å². The Balaban J connectivity index is 1.39. The van der Waals surface area contributed by atoms with Gasteiger partial charge in [-0.15, -0.1) is 13.2 Å². The highest BCUT2D eigenvalue weighted by Crippen LogP contribution is 2.37. The summed E-state index contributed by atoms with van der Waals surface area (Å²) in [6.07, 6.45) is -3.27. The molecule has 5 rings (SSSR count). The normalized spacial score (nSPS) is 20.5. The van der Waals surface area contributed by atoms with E-state index in [2.05, 4.69) is 14.9 Å². The molecule has 2 aliphatic heterocycles. The first-order chi connectivity index (χ1) is 16.7. The molecule has 0 bridgehead atoms. The minimum atomic E-state index is -4.77. The highest BCUT2D eigenvalue weighted by atomic mass is 19.4. The first kappa shape index (κ1) is 23.1. The lowest BCUT2D eigenvalue weighted by Crippen LogP contribution is -2.53. The number of carbonyl (C=O) groups excluding carboxylic acids is 1. The van der Waals surface area contributed by atoms with Crippen LogP contribution in [0.25, 0.3) is 11.4 Å². The Morgan fingerprint density at radius 2 is 1.77 bits per heavy atom. The Bertz CT molecular complexity index is 1190. The monoisotopic (exact) mass is 490 g/mol. The van der Waals surface area contributed by atoms with E-state index in [1.54, 1.807) is 34.1 Å². The first-order valence-electron chi connectivity index (χ1n) is 11.2. The van der Waals surface area contributed by atoms with Crippen LogP contribution in [-0.4, -0.2) is 58.5 Å². The maximum atomic E-state index is 13.6. The summed E-state index contributed by atoms with van der Waals surface area (Å²) in [7, 11) is 0. The molecule has 7 nitrogen and oxygen atoms in total. The molecule has 35 heavy (non-hydrogen) atoms. The number of carbonyl (C=O) groups is 1. The van der Waals surface area contributed by atoms with Gasteiger partial charge in [0.2, 0.25) is 11.7 Å². The van der Waals surface area contributed by atoms with Gasteiger partial charge in [0.25, 0.3) is 0 Å². The van der Waals surface area contributed by atoms with Gasteiger partial charge in [-0.05, 0) is 42.7 Å². The van der Waals surface area contributed by atoms with E-state index in [1.165, 1.54) is 24.3 Å². The molecular weight excluding hydrogens is 468 g/mol. The molecule has 1 aromatic heterocycles. The van der Waals surface area contributed by atoms with Crippen molar-refractivity contribution in [1.29, 1.82) is 0 Å². The summed E-state index contributed by atoms with van der Waals surface area (Å²) in [4.78, 5) is 20.9. The Labute approximate surface area is 198 Å². The molecule has 184 valence electrons. The number of hydrogen-bond acceptors (Lipinski definition) is 5. The lowest BCUT2D eigenvalue weighted by molar-refractivity contribution is -0.274. The van der Waals surface area contributed by atoms with Crippen molar-refractivity contribution in [2.45, 2.75) is 31.0 Å². The minimum absolute atomic E-state index is 0.0900. The van der Waals surface area contributed by atoms with Crippen LogP contribution in [0.4, 0.5) is 22.4 Å². The molecule has 0 radical (unpaired) electrons. The quantitative estimate of drug-likeness (QED) is 0.472. The van der Waals surface area contributed by atoms with Gasteiger partial charge in [0, 0.05) is 37.7 Å². The number of amides is 2. The van der Waals surface area contributed by atoms with Crippen LogP contribution in [0.3, 0.4) is 0 Å². The predicted molar refractivity (Wildman–Crippen MR) is 116 cm³/mol. The molecule has 2 fully saturated rings. The topological polar surface area (TPSA) is 71.7 Å². The Morgan fingerprint density at radius 1 is 1.03 bits per heavy atom. The highest BCUT2D eigenvalue weighted by molar-refractivity contribution is 5.75. The molecule has 0 spiro atoms. The average Bonchev–Trinajstić information content (AvgIpc) is 3.28. The maximum absolute atomic E-state index is 13.6. The van der Waals surface area contributed by atoms with Crippen molar-refractivity contribution in [1.82, 2.24) is 19.9 Å². The molecule has 0 N–H and O–H groups in total. The number of benzene rings is 2. The largest absolute Gasteiger partial charge is 0.573 e. The lowest BCUT2D eigenvalue weighted by Gasteiger charge is -2.41. The van der Waals surface area contributed by atoms with Gasteiger partial charge in [0.05, 0.1) is 5.92 Å². The molecule has 0 aliphatic carbocycles. The second-order valence-corrected chi connectivity index (χ2v) is 8.74. The molecular formula is C24H22F4N4O3. The number of hydrogen-bond donors (Lipinski definition) is 0. The van der Waals surface area contributed by atoms with Crippen LogP contribution in [0.2, 0.25) is 0 Å². The fourth-order valence-electron chi connectivity index (χ4n) is 4.47. The number of alkyl halides is 3. The number of rotatable bonds is 4. The summed E-state index contributed by atoms with van der Waals surface area (Å²) < 4.78 is 60.7. The van der Waals surface area contributed by atoms with E-state index in [0.29, 0.717) is 44.1 Å². The molecule has 2 aromatic carbocycles. The van der Waals surface area contributed by atoms with Crippen LogP contribution in [0, 0.1) is 5.82 Å². The molecule has 11 heteroatoms. The zero-order chi connectivity index (χ0) is 24.6. The van der Waals surface area contributed by atoms with Crippen molar-refractivity contribution in [2.24, 2.45) is 0 Å². The van der Waals surface area contributed by atoms with Crippen LogP contribution < -0.4 is 4.74 Å². The summed E-state index contributed by atoms with van der Waals surface area (Å²) in [6.45, 7) is 2.17. The van der Waals surface area contributed by atoms with Crippen molar-refractivity contribution in [3.63, 3.8) is 0 Å². The molecule has 0 saturated carbocycles. The summed E-state index contributed by atoms with van der Waals surface area (Å²) >= 11 is 0. The number of piperidine rings is 1. The molecule has 2 atom stereocenters. The van der Waals surface area contributed by atoms with E-state index in [4.69, 9.17) is 4.52 Å². The minimum Gasteiger partial charge on any atom is -0.406 e. The number of likely N-dealkylation sites (tertiary alicyclic amines) is 2. The lowest BCUT2D eigenvalue weighted by atomic mass is 9.84. The SMILES string of the molecule is O=C(N1CCC1)N1CC(c2ccc(OC(F)(F)F)cc2)CC(c2nc(-c3cccc(F)c3)no2)C1. The van der Waals surface area contributed by atoms with Crippen molar-refractivity contribution >= 4 is 6.03 Å². The number of nitrogens with zero attached hydrogens (tertiary/aromatic N) is 4. The smallest absolute Gasteiger partial charge is 0.406 e. The van der Waals surface area contributed by atoms with Crippen LogP contribution in [0.1, 0.15) is 36.1 Å². The van der Waals surface area contributed by atoms with E-state index in [1.807, 2.05) is 0 Å². The Morgan fingerprint density at radius 3 is 2.43 bits per heavy atom. The Kier molecular flexibility index (Phi) is 6.08. The van der Waals surface area contributed by atoms with Crippen molar-refractivity contribution < 1.29 is 31.6 Å². The molecule has 3 heterocycles. The van der Waals surface area contributed by atoms with E-state index < -0.39 is 12.2 Å². The first-order valence-corrected chi connectivity index (χ1v) is 11.2. The number of aromatic nitrogens is 2. The summed E-state index contributed by atoms with van der Waals surface area (Å²) in [5.74, 6) is -0.610. The third kappa shape index (κ3) is 5.23. The van der Waals surface area contributed by atoms with Gasteiger partial charge < -0.3 is 19.1 Å². The molecule has 2 amide bonds.